The van der Waals surface area contributed by atoms with Gasteiger partial charge < -0.3 is 14.7 Å². The summed E-state index contributed by atoms with van der Waals surface area (Å²) in [5.74, 6) is 0.0439. The van der Waals surface area contributed by atoms with Crippen LogP contribution in [0.2, 0.25) is 0 Å². The molecule has 2 N–H and O–H groups in total. The van der Waals surface area contributed by atoms with Crippen LogP contribution >= 0.6 is 0 Å². The average Bonchev–Trinajstić information content (AvgIpc) is 2.70. The van der Waals surface area contributed by atoms with Crippen LogP contribution in [0.3, 0.4) is 0 Å². The Hall–Kier alpha value is -2.07. The number of ether oxygens (including phenoxy) is 1. The highest BCUT2D eigenvalue weighted by Crippen LogP contribution is 2.22. The number of hydrogen-bond donors (Lipinski definition) is 2. The van der Waals surface area contributed by atoms with Gasteiger partial charge in [0, 0.05) is 12.6 Å². The number of sulfonamides is 1. The van der Waals surface area contributed by atoms with Gasteiger partial charge >= 0.3 is 6.61 Å². The number of benzene rings is 2. The molecule has 29 heavy (non-hydrogen) atoms. The summed E-state index contributed by atoms with van der Waals surface area (Å²) in [6, 6.07) is 14.0. The SMILES string of the molecule is O=S(=O)(NC1CCN(CC(O)c2ccc(OC(F)F)cc2)CC1)c1ccccc1. The van der Waals surface area contributed by atoms with Gasteiger partial charge in [0.15, 0.2) is 0 Å². The van der Waals surface area contributed by atoms with Crippen LogP contribution in [0, 0.1) is 0 Å². The number of alkyl halides is 2. The van der Waals surface area contributed by atoms with Crippen molar-refractivity contribution in [2.24, 2.45) is 0 Å². The lowest BCUT2D eigenvalue weighted by atomic mass is 10.0. The molecule has 3 rings (SSSR count). The third-order valence-electron chi connectivity index (χ3n) is 4.88. The molecule has 0 aliphatic carbocycles. The van der Waals surface area contributed by atoms with Gasteiger partial charge in [-0.2, -0.15) is 8.78 Å². The van der Waals surface area contributed by atoms with Crippen LogP contribution in [0.5, 0.6) is 5.75 Å². The number of aliphatic hydroxyl groups excluding tert-OH is 1. The van der Waals surface area contributed by atoms with E-state index in [2.05, 4.69) is 14.4 Å². The zero-order valence-electron chi connectivity index (χ0n) is 15.7. The molecule has 0 amide bonds. The minimum atomic E-state index is -3.54. The fraction of sp³-hybridized carbons (Fsp3) is 0.400. The number of rotatable bonds is 8. The maximum absolute atomic E-state index is 12.4. The van der Waals surface area contributed by atoms with E-state index >= 15 is 0 Å². The summed E-state index contributed by atoms with van der Waals surface area (Å²) >= 11 is 0. The van der Waals surface area contributed by atoms with Crippen molar-refractivity contribution in [2.75, 3.05) is 19.6 Å². The Balaban J connectivity index is 1.48. The third kappa shape index (κ3) is 6.20. The topological polar surface area (TPSA) is 78.9 Å². The molecule has 1 saturated heterocycles. The summed E-state index contributed by atoms with van der Waals surface area (Å²) in [5, 5.41) is 10.4. The predicted octanol–water partition coefficient (Wildman–Crippen LogP) is 2.76. The van der Waals surface area contributed by atoms with Gasteiger partial charge in [-0.25, -0.2) is 13.1 Å². The number of piperidine rings is 1. The molecule has 1 atom stereocenters. The Morgan fingerprint density at radius 1 is 1.07 bits per heavy atom. The molecular formula is C20H24F2N2O4S. The Labute approximate surface area is 169 Å². The maximum atomic E-state index is 12.4. The Morgan fingerprint density at radius 3 is 2.28 bits per heavy atom. The molecule has 0 bridgehead atoms. The molecule has 2 aromatic rings. The van der Waals surface area contributed by atoms with E-state index in [1.165, 1.54) is 12.1 Å². The zero-order chi connectivity index (χ0) is 20.9. The second kappa shape index (κ2) is 9.62. The lowest BCUT2D eigenvalue weighted by Gasteiger charge is -2.33. The molecule has 0 radical (unpaired) electrons. The Kier molecular flexibility index (Phi) is 7.18. The quantitative estimate of drug-likeness (QED) is 0.679. The van der Waals surface area contributed by atoms with Gasteiger partial charge in [-0.1, -0.05) is 30.3 Å². The predicted molar refractivity (Wildman–Crippen MR) is 104 cm³/mol. The first kappa shape index (κ1) is 21.6. The highest BCUT2D eigenvalue weighted by Gasteiger charge is 2.25. The number of likely N-dealkylation sites (tertiary alicyclic amines) is 1. The normalized spacial score (nSPS) is 17.4. The summed E-state index contributed by atoms with van der Waals surface area (Å²) in [7, 11) is -3.54. The summed E-state index contributed by atoms with van der Waals surface area (Å²) in [5.41, 5.74) is 0.610. The van der Waals surface area contributed by atoms with Crippen molar-refractivity contribution < 1.29 is 27.0 Å². The van der Waals surface area contributed by atoms with Gasteiger partial charge in [-0.15, -0.1) is 0 Å². The van der Waals surface area contributed by atoms with Gasteiger partial charge in [0.1, 0.15) is 5.75 Å². The molecule has 1 heterocycles. The van der Waals surface area contributed by atoms with E-state index in [4.69, 9.17) is 0 Å². The van der Waals surface area contributed by atoms with E-state index < -0.39 is 22.7 Å². The first-order valence-corrected chi connectivity index (χ1v) is 10.8. The van der Waals surface area contributed by atoms with Gasteiger partial charge in [0.25, 0.3) is 0 Å². The molecule has 158 valence electrons. The van der Waals surface area contributed by atoms with Crippen molar-refractivity contribution >= 4 is 10.0 Å². The number of aliphatic hydroxyl groups is 1. The van der Waals surface area contributed by atoms with E-state index in [1.54, 1.807) is 42.5 Å². The largest absolute Gasteiger partial charge is 0.435 e. The summed E-state index contributed by atoms with van der Waals surface area (Å²) in [6.07, 6.45) is 0.507. The number of hydrogen-bond acceptors (Lipinski definition) is 5. The lowest BCUT2D eigenvalue weighted by Crippen LogP contribution is -2.45. The molecule has 2 aromatic carbocycles. The summed E-state index contributed by atoms with van der Waals surface area (Å²) in [4.78, 5) is 2.30. The lowest BCUT2D eigenvalue weighted by molar-refractivity contribution is -0.0498. The van der Waals surface area contributed by atoms with Crippen molar-refractivity contribution in [1.29, 1.82) is 0 Å². The van der Waals surface area contributed by atoms with Crippen LogP contribution in [0.25, 0.3) is 0 Å². The molecule has 0 spiro atoms. The fourth-order valence-corrected chi connectivity index (χ4v) is 4.67. The Bertz CT molecular complexity index is 871. The average molecular weight is 426 g/mol. The van der Waals surface area contributed by atoms with Crippen molar-refractivity contribution in [3.63, 3.8) is 0 Å². The molecule has 6 nitrogen and oxygen atoms in total. The van der Waals surface area contributed by atoms with Crippen molar-refractivity contribution in [3.05, 3.63) is 60.2 Å². The van der Waals surface area contributed by atoms with E-state index in [0.29, 0.717) is 38.0 Å². The standard InChI is InChI=1S/C20H24F2N2O4S/c21-20(22)28-17-8-6-15(7-9-17)19(25)14-24-12-10-16(11-13-24)23-29(26,27)18-4-2-1-3-5-18/h1-9,16,19-20,23,25H,10-14H2. The van der Waals surface area contributed by atoms with Gasteiger partial charge in [0.05, 0.1) is 11.0 Å². The number of β-amino-alcohol motifs (C(OH)–C–C–N with tert-alkyl or cyclic N) is 1. The van der Waals surface area contributed by atoms with E-state index in [9.17, 15) is 22.3 Å². The van der Waals surface area contributed by atoms with Crippen LogP contribution in [0.1, 0.15) is 24.5 Å². The minimum Gasteiger partial charge on any atom is -0.435 e. The highest BCUT2D eigenvalue weighted by atomic mass is 32.2. The fourth-order valence-electron chi connectivity index (χ4n) is 3.34. The van der Waals surface area contributed by atoms with Gasteiger partial charge in [-0.3, -0.25) is 0 Å². The maximum Gasteiger partial charge on any atom is 0.387 e. The first-order chi connectivity index (χ1) is 13.8. The van der Waals surface area contributed by atoms with Crippen LogP contribution in [-0.4, -0.2) is 50.7 Å². The summed E-state index contributed by atoms with van der Waals surface area (Å²) in [6.45, 7) is -1.21. The second-order valence-electron chi connectivity index (χ2n) is 6.97. The smallest absolute Gasteiger partial charge is 0.387 e. The molecule has 0 saturated carbocycles. The van der Waals surface area contributed by atoms with E-state index in [1.807, 2.05) is 0 Å². The zero-order valence-corrected chi connectivity index (χ0v) is 16.6. The first-order valence-electron chi connectivity index (χ1n) is 9.36. The van der Waals surface area contributed by atoms with Crippen molar-refractivity contribution in [1.82, 2.24) is 9.62 Å². The molecular weight excluding hydrogens is 402 g/mol. The third-order valence-corrected chi connectivity index (χ3v) is 6.42. The van der Waals surface area contributed by atoms with Crippen molar-refractivity contribution in [2.45, 2.75) is 36.5 Å². The minimum absolute atomic E-state index is 0.0439. The molecule has 1 fully saturated rings. The Morgan fingerprint density at radius 2 is 1.69 bits per heavy atom. The molecule has 1 aliphatic heterocycles. The number of nitrogens with zero attached hydrogens (tertiary/aromatic N) is 1. The second-order valence-corrected chi connectivity index (χ2v) is 8.69. The molecule has 9 heteroatoms. The number of nitrogens with one attached hydrogen (secondary N) is 1. The molecule has 1 aliphatic rings. The van der Waals surface area contributed by atoms with Gasteiger partial charge in [0.2, 0.25) is 10.0 Å². The van der Waals surface area contributed by atoms with Crippen LogP contribution in [0.4, 0.5) is 8.78 Å². The molecule has 1 unspecified atom stereocenters. The van der Waals surface area contributed by atoms with E-state index in [-0.39, 0.29) is 16.7 Å². The number of halogens is 2. The van der Waals surface area contributed by atoms with Crippen LogP contribution in [-0.2, 0) is 10.0 Å². The van der Waals surface area contributed by atoms with E-state index in [0.717, 1.165) is 0 Å². The highest BCUT2D eigenvalue weighted by molar-refractivity contribution is 7.89. The monoisotopic (exact) mass is 426 g/mol. The molecule has 0 aromatic heterocycles. The summed E-state index contributed by atoms with van der Waals surface area (Å²) < 4.78 is 56.3. The van der Waals surface area contributed by atoms with Crippen LogP contribution < -0.4 is 9.46 Å². The van der Waals surface area contributed by atoms with Crippen molar-refractivity contribution in [3.8, 4) is 5.75 Å². The van der Waals surface area contributed by atoms with Gasteiger partial charge in [-0.05, 0) is 55.8 Å². The van der Waals surface area contributed by atoms with Crippen LogP contribution in [0.15, 0.2) is 59.5 Å².